The van der Waals surface area contributed by atoms with Crippen LogP contribution in [0.2, 0.25) is 0 Å². The quantitative estimate of drug-likeness (QED) is 0.842. The highest BCUT2D eigenvalue weighted by Crippen LogP contribution is 2.17. The van der Waals surface area contributed by atoms with E-state index in [9.17, 15) is 14.4 Å². The van der Waals surface area contributed by atoms with Crippen molar-refractivity contribution in [1.82, 2.24) is 9.88 Å². The van der Waals surface area contributed by atoms with Crippen LogP contribution < -0.4 is 5.32 Å². The molecule has 1 heterocycles. The molecule has 0 bridgehead atoms. The molecule has 2 rings (SSSR count). The van der Waals surface area contributed by atoms with Crippen LogP contribution in [0.1, 0.15) is 28.7 Å². The third-order valence-corrected chi connectivity index (χ3v) is 3.48. The van der Waals surface area contributed by atoms with Crippen LogP contribution in [0.15, 0.2) is 36.4 Å². The Bertz CT molecular complexity index is 758. The highest BCUT2D eigenvalue weighted by Gasteiger charge is 2.13. The summed E-state index contributed by atoms with van der Waals surface area (Å²) in [4.78, 5) is 34.5. The number of aryl methyl sites for hydroxylation is 2. The van der Waals surface area contributed by atoms with E-state index >= 15 is 0 Å². The molecule has 0 radical (unpaired) electrons. The van der Waals surface area contributed by atoms with E-state index in [-0.39, 0.29) is 6.61 Å². The molecule has 0 spiro atoms. The summed E-state index contributed by atoms with van der Waals surface area (Å²) in [5, 5.41) is 1.95. The van der Waals surface area contributed by atoms with E-state index in [0.29, 0.717) is 5.56 Å². The Hall–Kier alpha value is -3.09. The van der Waals surface area contributed by atoms with Crippen molar-refractivity contribution in [2.24, 2.45) is 0 Å². The highest BCUT2D eigenvalue weighted by atomic mass is 16.6. The number of imide groups is 1. The average Bonchev–Trinajstić information content (AvgIpc) is 2.91. The van der Waals surface area contributed by atoms with Crippen LogP contribution in [0.5, 0.6) is 0 Å². The number of aromatic nitrogens is 1. The van der Waals surface area contributed by atoms with E-state index in [4.69, 9.17) is 4.74 Å². The average molecular weight is 344 g/mol. The van der Waals surface area contributed by atoms with Crippen molar-refractivity contribution >= 4 is 18.0 Å². The maximum atomic E-state index is 12.0. The van der Waals surface area contributed by atoms with Gasteiger partial charge in [-0.05, 0) is 57.2 Å². The van der Waals surface area contributed by atoms with Crippen LogP contribution >= 0.6 is 0 Å². The van der Waals surface area contributed by atoms with Crippen molar-refractivity contribution in [3.8, 4) is 5.69 Å². The van der Waals surface area contributed by atoms with Crippen LogP contribution in [0, 0.1) is 13.8 Å². The molecule has 0 saturated carbocycles. The molecule has 0 aliphatic rings. The summed E-state index contributed by atoms with van der Waals surface area (Å²) in [6.45, 7) is 5.19. The molecule has 132 valence electrons. The van der Waals surface area contributed by atoms with Crippen molar-refractivity contribution in [3.05, 3.63) is 53.3 Å². The highest BCUT2D eigenvalue weighted by molar-refractivity contribution is 5.95. The third kappa shape index (κ3) is 4.69. The van der Waals surface area contributed by atoms with Gasteiger partial charge < -0.3 is 14.0 Å². The molecular formula is C18H20N2O5. The lowest BCUT2D eigenvalue weighted by Crippen LogP contribution is -2.34. The van der Waals surface area contributed by atoms with Crippen molar-refractivity contribution in [1.29, 1.82) is 0 Å². The normalized spacial score (nSPS) is 10.2. The summed E-state index contributed by atoms with van der Waals surface area (Å²) >= 11 is 0. The predicted molar refractivity (Wildman–Crippen MR) is 90.7 cm³/mol. The number of carbonyl (C=O) groups is 3. The molecule has 7 heteroatoms. The van der Waals surface area contributed by atoms with Gasteiger partial charge in [0.2, 0.25) is 0 Å². The number of hydrogen-bond donors (Lipinski definition) is 1. The number of nitrogens with zero attached hydrogens (tertiary/aromatic N) is 1. The molecule has 1 aromatic heterocycles. The van der Waals surface area contributed by atoms with Gasteiger partial charge in [0.25, 0.3) is 5.91 Å². The van der Waals surface area contributed by atoms with E-state index < -0.39 is 24.6 Å². The maximum Gasteiger partial charge on any atom is 0.413 e. The number of amides is 2. The summed E-state index contributed by atoms with van der Waals surface area (Å²) < 4.78 is 11.5. The Kier molecular flexibility index (Phi) is 5.94. The summed E-state index contributed by atoms with van der Waals surface area (Å²) in [7, 11) is 0. The fourth-order valence-electron chi connectivity index (χ4n) is 2.35. The van der Waals surface area contributed by atoms with Crippen LogP contribution in [-0.4, -0.2) is 35.8 Å². The first kappa shape index (κ1) is 18.3. The summed E-state index contributed by atoms with van der Waals surface area (Å²) in [5.74, 6) is -1.39. The monoisotopic (exact) mass is 344 g/mol. The van der Waals surface area contributed by atoms with E-state index in [1.165, 1.54) is 0 Å². The molecule has 0 aliphatic carbocycles. The largest absolute Gasteiger partial charge is 0.452 e. The number of hydrogen-bond acceptors (Lipinski definition) is 5. The Morgan fingerprint density at radius 3 is 2.12 bits per heavy atom. The molecule has 0 atom stereocenters. The van der Waals surface area contributed by atoms with Gasteiger partial charge in [-0.2, -0.15) is 0 Å². The summed E-state index contributed by atoms with van der Waals surface area (Å²) in [6, 6.07) is 10.9. The predicted octanol–water partition coefficient (Wildman–Crippen LogP) is 2.52. The fourth-order valence-corrected chi connectivity index (χ4v) is 2.35. The van der Waals surface area contributed by atoms with Crippen LogP contribution in [-0.2, 0) is 14.3 Å². The summed E-state index contributed by atoms with van der Waals surface area (Å²) in [5.41, 5.74) is 3.42. The van der Waals surface area contributed by atoms with E-state index in [1.54, 1.807) is 31.2 Å². The van der Waals surface area contributed by atoms with Gasteiger partial charge in [0.1, 0.15) is 0 Å². The van der Waals surface area contributed by atoms with Crippen LogP contribution in [0.25, 0.3) is 5.69 Å². The van der Waals surface area contributed by atoms with Gasteiger partial charge in [0.05, 0.1) is 12.2 Å². The van der Waals surface area contributed by atoms with Crippen LogP contribution in [0.3, 0.4) is 0 Å². The standard InChI is InChI=1S/C18H20N2O5/c1-4-24-18(23)19-16(21)11-25-17(22)14-7-9-15(10-8-14)20-12(2)5-6-13(20)3/h5-10H,4,11H2,1-3H3,(H,19,21,23). The molecule has 0 saturated heterocycles. The molecule has 0 aliphatic heterocycles. The number of rotatable bonds is 5. The second-order valence-corrected chi connectivity index (χ2v) is 5.34. The molecule has 25 heavy (non-hydrogen) atoms. The smallest absolute Gasteiger partial charge is 0.413 e. The van der Waals surface area contributed by atoms with Crippen molar-refractivity contribution in [2.45, 2.75) is 20.8 Å². The van der Waals surface area contributed by atoms with Gasteiger partial charge in [-0.25, -0.2) is 9.59 Å². The van der Waals surface area contributed by atoms with E-state index in [2.05, 4.69) is 9.30 Å². The van der Waals surface area contributed by atoms with E-state index in [0.717, 1.165) is 17.1 Å². The SMILES string of the molecule is CCOC(=O)NC(=O)COC(=O)c1ccc(-n2c(C)ccc2C)cc1. The van der Waals surface area contributed by atoms with Crippen molar-refractivity contribution in [3.63, 3.8) is 0 Å². The molecular weight excluding hydrogens is 324 g/mol. The Labute approximate surface area is 145 Å². The minimum Gasteiger partial charge on any atom is -0.452 e. The third-order valence-electron chi connectivity index (χ3n) is 3.48. The molecule has 0 fully saturated rings. The zero-order chi connectivity index (χ0) is 18.4. The zero-order valence-corrected chi connectivity index (χ0v) is 14.4. The van der Waals surface area contributed by atoms with Crippen LogP contribution in [0.4, 0.5) is 4.79 Å². The Morgan fingerprint density at radius 1 is 0.960 bits per heavy atom. The number of nitrogens with one attached hydrogen (secondary N) is 1. The van der Waals surface area contributed by atoms with Gasteiger partial charge >= 0.3 is 12.1 Å². The number of esters is 1. The van der Waals surface area contributed by atoms with E-state index in [1.807, 2.05) is 31.3 Å². The van der Waals surface area contributed by atoms with Crippen molar-refractivity contribution in [2.75, 3.05) is 13.2 Å². The van der Waals surface area contributed by atoms with Gasteiger partial charge in [-0.15, -0.1) is 0 Å². The zero-order valence-electron chi connectivity index (χ0n) is 14.4. The van der Waals surface area contributed by atoms with Crippen molar-refractivity contribution < 1.29 is 23.9 Å². The first-order chi connectivity index (χ1) is 11.9. The fraction of sp³-hybridized carbons (Fsp3) is 0.278. The Morgan fingerprint density at radius 2 is 1.56 bits per heavy atom. The first-order valence-corrected chi connectivity index (χ1v) is 7.81. The Balaban J connectivity index is 1.95. The second kappa shape index (κ2) is 8.14. The number of carbonyl (C=O) groups excluding carboxylic acids is 3. The first-order valence-electron chi connectivity index (χ1n) is 7.81. The molecule has 2 amide bonds. The summed E-state index contributed by atoms with van der Waals surface area (Å²) in [6.07, 6.45) is -0.870. The molecule has 7 nitrogen and oxygen atoms in total. The second-order valence-electron chi connectivity index (χ2n) is 5.34. The van der Waals surface area contributed by atoms with Gasteiger partial charge in [-0.1, -0.05) is 0 Å². The minimum absolute atomic E-state index is 0.144. The maximum absolute atomic E-state index is 12.0. The molecule has 0 unspecified atom stereocenters. The lowest BCUT2D eigenvalue weighted by molar-refractivity contribution is -0.123. The minimum atomic E-state index is -0.870. The lowest BCUT2D eigenvalue weighted by Gasteiger charge is -2.10. The van der Waals surface area contributed by atoms with Gasteiger partial charge in [-0.3, -0.25) is 10.1 Å². The van der Waals surface area contributed by atoms with Gasteiger partial charge in [0.15, 0.2) is 6.61 Å². The van der Waals surface area contributed by atoms with Gasteiger partial charge in [0, 0.05) is 17.1 Å². The lowest BCUT2D eigenvalue weighted by atomic mass is 10.2. The molecule has 1 aromatic carbocycles. The molecule has 2 aromatic rings. The number of ether oxygens (including phenoxy) is 2. The number of benzene rings is 1. The number of alkyl carbamates (subject to hydrolysis) is 1. The topological polar surface area (TPSA) is 86.6 Å². The molecule has 1 N–H and O–H groups in total.